The topological polar surface area (TPSA) is 9.23 Å². The zero-order valence-corrected chi connectivity index (χ0v) is 3.50. The molecule has 5 heavy (non-hydrogen) atoms. The van der Waals surface area contributed by atoms with E-state index in [9.17, 15) is 4.32 Å². The van der Waals surface area contributed by atoms with Crippen LogP contribution < -0.4 is 0 Å². The molecule has 0 rings (SSSR count). The zero-order chi connectivity index (χ0) is 4.28. The third-order valence-corrected chi connectivity index (χ3v) is 0.356. The molecule has 0 saturated carbocycles. The molecule has 0 unspecified atom stereocenters. The SMILES string of the molecule is COB(F)Cl. The number of hydrogen-bond donors (Lipinski definition) is 0. The van der Waals surface area contributed by atoms with Gasteiger partial charge in [0.25, 0.3) is 0 Å². The fourth-order valence-corrected chi connectivity index (χ4v) is 0. The van der Waals surface area contributed by atoms with E-state index in [-0.39, 0.29) is 0 Å². The van der Waals surface area contributed by atoms with Crippen molar-refractivity contribution in [1.82, 2.24) is 0 Å². The van der Waals surface area contributed by atoms with E-state index >= 15 is 0 Å². The molecule has 0 aliphatic carbocycles. The summed E-state index contributed by atoms with van der Waals surface area (Å²) in [5.74, 6) is 0. The smallest absolute Gasteiger partial charge is 0.397 e. The molecular formula is CH3BClFO. The van der Waals surface area contributed by atoms with Crippen molar-refractivity contribution in [2.24, 2.45) is 0 Å². The lowest BCUT2D eigenvalue weighted by Crippen LogP contribution is -1.95. The summed E-state index contributed by atoms with van der Waals surface area (Å²) in [6, 6.07) is 0. The summed E-state index contributed by atoms with van der Waals surface area (Å²) >= 11 is 4.57. The molecule has 0 atom stereocenters. The van der Waals surface area contributed by atoms with Gasteiger partial charge >= 0.3 is 6.61 Å². The summed E-state index contributed by atoms with van der Waals surface area (Å²) in [4.78, 5) is 0. The first-order valence-electron chi connectivity index (χ1n) is 1.08. The molecule has 0 amide bonds. The Hall–Kier alpha value is 0.245. The van der Waals surface area contributed by atoms with E-state index in [1.54, 1.807) is 0 Å². The van der Waals surface area contributed by atoms with E-state index in [0.717, 1.165) is 0 Å². The second-order valence-corrected chi connectivity index (χ2v) is 0.839. The van der Waals surface area contributed by atoms with E-state index in [2.05, 4.69) is 16.1 Å². The molecule has 0 aromatic carbocycles. The van der Waals surface area contributed by atoms with Crippen molar-refractivity contribution in [2.45, 2.75) is 0 Å². The Balaban J connectivity index is 2.54. The molecule has 30 valence electrons. The largest absolute Gasteiger partial charge is 0.610 e. The molecule has 0 heterocycles. The Morgan fingerprint density at radius 2 is 2.20 bits per heavy atom. The van der Waals surface area contributed by atoms with E-state index in [1.807, 2.05) is 0 Å². The van der Waals surface area contributed by atoms with Crippen LogP contribution in [0.2, 0.25) is 0 Å². The van der Waals surface area contributed by atoms with Crippen LogP contribution in [0.3, 0.4) is 0 Å². The molecule has 0 radical (unpaired) electrons. The summed E-state index contributed by atoms with van der Waals surface area (Å²) in [5, 5.41) is 0. The van der Waals surface area contributed by atoms with Crippen LogP contribution in [0.5, 0.6) is 0 Å². The Morgan fingerprint density at radius 3 is 2.20 bits per heavy atom. The standard InChI is InChI=1S/CH3BClFO/c1-5-2(3)4/h1H3. The van der Waals surface area contributed by atoms with Crippen LogP contribution in [0.4, 0.5) is 4.32 Å². The number of rotatable bonds is 1. The van der Waals surface area contributed by atoms with Gasteiger partial charge in [-0.2, -0.15) is 0 Å². The van der Waals surface area contributed by atoms with Crippen LogP contribution in [0.1, 0.15) is 0 Å². The number of halogens is 2. The van der Waals surface area contributed by atoms with Gasteiger partial charge in [-0.15, -0.1) is 11.5 Å². The summed E-state index contributed by atoms with van der Waals surface area (Å²) < 4.78 is 14.8. The number of hydrogen-bond acceptors (Lipinski definition) is 1. The first-order valence-corrected chi connectivity index (χ1v) is 1.52. The summed E-state index contributed by atoms with van der Waals surface area (Å²) in [5.41, 5.74) is 0. The Bertz CT molecular complexity index is 25.6. The van der Waals surface area contributed by atoms with Crippen LogP contribution in [0, 0.1) is 0 Å². The van der Waals surface area contributed by atoms with Crippen LogP contribution in [0.15, 0.2) is 0 Å². The van der Waals surface area contributed by atoms with E-state index < -0.39 is 6.61 Å². The van der Waals surface area contributed by atoms with Crippen LogP contribution in [-0.4, -0.2) is 13.7 Å². The van der Waals surface area contributed by atoms with Gasteiger partial charge in [-0.05, 0) is 0 Å². The fourth-order valence-electron chi connectivity index (χ4n) is 0. The van der Waals surface area contributed by atoms with Gasteiger partial charge in [0.05, 0.1) is 0 Å². The summed E-state index contributed by atoms with van der Waals surface area (Å²) in [6.45, 7) is -1.64. The molecule has 0 aromatic heterocycles. The van der Waals surface area contributed by atoms with Gasteiger partial charge in [-0.25, -0.2) is 0 Å². The molecule has 0 bridgehead atoms. The molecule has 0 spiro atoms. The highest BCUT2D eigenvalue weighted by atomic mass is 35.5. The van der Waals surface area contributed by atoms with Gasteiger partial charge in [-0.1, -0.05) is 0 Å². The Kier molecular flexibility index (Phi) is 2.60. The molecular weight excluding hydrogens is 93.3 g/mol. The monoisotopic (exact) mass is 96.0 g/mol. The van der Waals surface area contributed by atoms with Crippen LogP contribution in [0.25, 0.3) is 0 Å². The first-order chi connectivity index (χ1) is 2.27. The fraction of sp³-hybridized carbons (Fsp3) is 1.00. The average Bonchev–Trinajstić information content (AvgIpc) is 1.38. The third-order valence-electron chi connectivity index (χ3n) is 0.178. The quantitative estimate of drug-likeness (QED) is 0.439. The molecule has 0 aliphatic rings. The molecule has 0 fully saturated rings. The van der Waals surface area contributed by atoms with Gasteiger partial charge in [0, 0.05) is 7.11 Å². The van der Waals surface area contributed by atoms with Gasteiger partial charge in [0.1, 0.15) is 0 Å². The lowest BCUT2D eigenvalue weighted by molar-refractivity contribution is 0.396. The van der Waals surface area contributed by atoms with Gasteiger partial charge in [-0.3, -0.25) is 4.32 Å². The van der Waals surface area contributed by atoms with Crippen molar-refractivity contribution in [2.75, 3.05) is 7.11 Å². The van der Waals surface area contributed by atoms with Crippen molar-refractivity contribution in [1.29, 1.82) is 0 Å². The van der Waals surface area contributed by atoms with Crippen molar-refractivity contribution < 1.29 is 8.97 Å². The summed E-state index contributed by atoms with van der Waals surface area (Å²) in [7, 11) is 1.19. The van der Waals surface area contributed by atoms with Crippen molar-refractivity contribution in [3.05, 3.63) is 0 Å². The lowest BCUT2D eigenvalue weighted by atomic mass is 10.5. The van der Waals surface area contributed by atoms with Crippen molar-refractivity contribution >= 4 is 18.1 Å². The van der Waals surface area contributed by atoms with Gasteiger partial charge in [0.2, 0.25) is 0 Å². The summed E-state index contributed by atoms with van der Waals surface area (Å²) in [6.07, 6.45) is 0. The van der Waals surface area contributed by atoms with E-state index in [0.29, 0.717) is 0 Å². The maximum absolute atomic E-state index is 11.0. The second-order valence-electron chi connectivity index (χ2n) is 0.496. The molecule has 0 saturated heterocycles. The maximum atomic E-state index is 11.0. The highest BCUT2D eigenvalue weighted by Crippen LogP contribution is 1.86. The van der Waals surface area contributed by atoms with Gasteiger partial charge in [0.15, 0.2) is 0 Å². The first kappa shape index (κ1) is 5.24. The molecule has 0 aromatic rings. The second kappa shape index (κ2) is 2.48. The van der Waals surface area contributed by atoms with Crippen molar-refractivity contribution in [3.8, 4) is 0 Å². The van der Waals surface area contributed by atoms with Gasteiger partial charge < -0.3 is 4.65 Å². The maximum Gasteiger partial charge on any atom is 0.610 e. The molecule has 4 heteroatoms. The Morgan fingerprint density at radius 1 is 2.00 bits per heavy atom. The zero-order valence-electron chi connectivity index (χ0n) is 2.74. The highest BCUT2D eigenvalue weighted by molar-refractivity contribution is 6.98. The minimum absolute atomic E-state index is 1.19. The highest BCUT2D eigenvalue weighted by Gasteiger charge is 2.03. The minimum Gasteiger partial charge on any atom is -0.397 e. The van der Waals surface area contributed by atoms with Crippen LogP contribution in [-0.2, 0) is 4.65 Å². The van der Waals surface area contributed by atoms with Crippen molar-refractivity contribution in [3.63, 3.8) is 0 Å². The average molecular weight is 96.3 g/mol. The third kappa shape index (κ3) is 4.24. The predicted octanol–water partition coefficient (Wildman–Crippen LogP) is 0.826. The molecule has 0 aliphatic heterocycles. The van der Waals surface area contributed by atoms with Crippen LogP contribution >= 0.6 is 11.5 Å². The van der Waals surface area contributed by atoms with E-state index in [4.69, 9.17) is 0 Å². The molecule has 1 nitrogen and oxygen atoms in total. The predicted molar refractivity (Wildman–Crippen MR) is 19.7 cm³/mol. The van der Waals surface area contributed by atoms with E-state index in [1.165, 1.54) is 7.11 Å². The normalized spacial score (nSPS) is 7.80. The lowest BCUT2D eigenvalue weighted by Gasteiger charge is -1.80. The molecule has 0 N–H and O–H groups in total. The minimum atomic E-state index is -1.64. The Labute approximate surface area is 35.1 Å².